The maximum atomic E-state index is 5.03. The molecule has 2 aromatic heterocycles. The molecule has 0 aliphatic heterocycles. The van der Waals surface area contributed by atoms with Crippen molar-refractivity contribution in [2.45, 2.75) is 33.4 Å². The molecule has 0 spiro atoms. The van der Waals surface area contributed by atoms with Crippen LogP contribution in [0.2, 0.25) is 0 Å². The molecule has 0 aromatic carbocycles. The van der Waals surface area contributed by atoms with E-state index in [4.69, 9.17) is 4.74 Å². The van der Waals surface area contributed by atoms with Gasteiger partial charge in [0.25, 0.3) is 0 Å². The Labute approximate surface area is 113 Å². The van der Waals surface area contributed by atoms with Crippen LogP contribution in [0.3, 0.4) is 0 Å². The van der Waals surface area contributed by atoms with E-state index >= 15 is 0 Å². The highest BCUT2D eigenvalue weighted by atomic mass is 16.5. The molecule has 0 unspecified atom stereocenters. The minimum absolute atomic E-state index is 0.368. The van der Waals surface area contributed by atoms with Crippen molar-refractivity contribution in [2.24, 2.45) is 0 Å². The third kappa shape index (κ3) is 3.35. The number of aryl methyl sites for hydroxylation is 1. The van der Waals surface area contributed by atoms with Crippen LogP contribution >= 0.6 is 0 Å². The number of imidazole rings is 1. The fraction of sp³-hybridized carbons (Fsp3) is 0.538. The normalized spacial score (nSPS) is 11.2. The predicted molar refractivity (Wildman–Crippen MR) is 74.7 cm³/mol. The van der Waals surface area contributed by atoms with Crippen molar-refractivity contribution in [3.05, 3.63) is 24.3 Å². The Kier molecular flexibility index (Phi) is 4.21. The molecule has 0 saturated carbocycles. The summed E-state index contributed by atoms with van der Waals surface area (Å²) in [5, 5.41) is 7.57. The molecule has 2 aromatic rings. The molecule has 0 aliphatic carbocycles. The minimum Gasteiger partial charge on any atom is -0.383 e. The summed E-state index contributed by atoms with van der Waals surface area (Å²) in [4.78, 5) is 4.49. The molecule has 19 heavy (non-hydrogen) atoms. The van der Waals surface area contributed by atoms with Crippen molar-refractivity contribution in [3.8, 4) is 0 Å². The van der Waals surface area contributed by atoms with Crippen molar-refractivity contribution < 1.29 is 4.74 Å². The Morgan fingerprint density at radius 3 is 2.84 bits per heavy atom. The fourth-order valence-electron chi connectivity index (χ4n) is 1.87. The molecule has 2 heterocycles. The second-order valence-corrected chi connectivity index (χ2v) is 4.82. The van der Waals surface area contributed by atoms with Crippen LogP contribution in [0.5, 0.6) is 0 Å². The lowest BCUT2D eigenvalue weighted by molar-refractivity contribution is 0.183. The molecule has 0 amide bonds. The van der Waals surface area contributed by atoms with Crippen molar-refractivity contribution in [2.75, 3.05) is 19.0 Å². The standard InChI is InChI=1S/C13H21N5O/c1-10(2)18-8-11(3)15-13(18)16-12-7-14-17(9-12)5-6-19-4/h7-10H,5-6H2,1-4H3,(H,15,16). The molecule has 104 valence electrons. The van der Waals surface area contributed by atoms with Gasteiger partial charge >= 0.3 is 0 Å². The van der Waals surface area contributed by atoms with Crippen LogP contribution in [0, 0.1) is 6.92 Å². The van der Waals surface area contributed by atoms with Crippen LogP contribution in [-0.2, 0) is 11.3 Å². The maximum Gasteiger partial charge on any atom is 0.207 e. The fourth-order valence-corrected chi connectivity index (χ4v) is 1.87. The number of anilines is 2. The molecule has 0 atom stereocenters. The first kappa shape index (κ1) is 13.6. The second-order valence-electron chi connectivity index (χ2n) is 4.82. The number of nitrogens with zero attached hydrogens (tertiary/aromatic N) is 4. The van der Waals surface area contributed by atoms with Gasteiger partial charge in [-0.15, -0.1) is 0 Å². The molecule has 1 N–H and O–H groups in total. The second kappa shape index (κ2) is 5.88. The Balaban J connectivity index is 2.10. The van der Waals surface area contributed by atoms with Gasteiger partial charge in [0.05, 0.1) is 30.7 Å². The van der Waals surface area contributed by atoms with Crippen LogP contribution in [0.1, 0.15) is 25.6 Å². The topological polar surface area (TPSA) is 56.9 Å². The Morgan fingerprint density at radius 1 is 1.37 bits per heavy atom. The Hall–Kier alpha value is -1.82. The molecular formula is C13H21N5O. The quantitative estimate of drug-likeness (QED) is 0.869. The smallest absolute Gasteiger partial charge is 0.207 e. The summed E-state index contributed by atoms with van der Waals surface area (Å²) < 4.78 is 8.99. The number of ether oxygens (including phenoxy) is 1. The monoisotopic (exact) mass is 263 g/mol. The van der Waals surface area contributed by atoms with Gasteiger partial charge in [-0.25, -0.2) is 4.98 Å². The van der Waals surface area contributed by atoms with Gasteiger partial charge in [0.1, 0.15) is 0 Å². The van der Waals surface area contributed by atoms with E-state index in [9.17, 15) is 0 Å². The van der Waals surface area contributed by atoms with Crippen molar-refractivity contribution in [1.82, 2.24) is 19.3 Å². The van der Waals surface area contributed by atoms with Gasteiger partial charge in [-0.1, -0.05) is 0 Å². The molecule has 0 fully saturated rings. The first-order valence-corrected chi connectivity index (χ1v) is 6.44. The SMILES string of the molecule is COCCn1cc(Nc2nc(C)cn2C(C)C)cn1. The van der Waals surface area contributed by atoms with E-state index in [0.717, 1.165) is 23.9 Å². The first-order chi connectivity index (χ1) is 9.10. The van der Waals surface area contributed by atoms with E-state index in [1.807, 2.05) is 24.0 Å². The van der Waals surface area contributed by atoms with E-state index in [-0.39, 0.29) is 0 Å². The number of hydrogen-bond acceptors (Lipinski definition) is 4. The van der Waals surface area contributed by atoms with Crippen LogP contribution in [0.15, 0.2) is 18.6 Å². The average Bonchev–Trinajstić information content (AvgIpc) is 2.94. The third-order valence-corrected chi connectivity index (χ3v) is 2.82. The summed E-state index contributed by atoms with van der Waals surface area (Å²) in [6.45, 7) is 7.66. The van der Waals surface area contributed by atoms with Crippen LogP contribution < -0.4 is 5.32 Å². The Bertz CT molecular complexity index is 529. The van der Waals surface area contributed by atoms with Gasteiger partial charge in [0, 0.05) is 25.5 Å². The highest BCUT2D eigenvalue weighted by Crippen LogP contribution is 2.19. The summed E-state index contributed by atoms with van der Waals surface area (Å²) in [6, 6.07) is 0.368. The number of aromatic nitrogens is 4. The summed E-state index contributed by atoms with van der Waals surface area (Å²) in [5.41, 5.74) is 1.94. The summed E-state index contributed by atoms with van der Waals surface area (Å²) >= 11 is 0. The zero-order chi connectivity index (χ0) is 13.8. The van der Waals surface area contributed by atoms with Gasteiger partial charge < -0.3 is 14.6 Å². The predicted octanol–water partition coefficient (Wildman–Crippen LogP) is 2.36. The number of rotatable bonds is 6. The maximum absolute atomic E-state index is 5.03. The van der Waals surface area contributed by atoms with Crippen LogP contribution in [0.4, 0.5) is 11.6 Å². The van der Waals surface area contributed by atoms with Gasteiger partial charge in [-0.3, -0.25) is 4.68 Å². The van der Waals surface area contributed by atoms with E-state index in [2.05, 4.69) is 33.8 Å². The molecule has 0 saturated heterocycles. The van der Waals surface area contributed by atoms with Crippen molar-refractivity contribution in [3.63, 3.8) is 0 Å². The lowest BCUT2D eigenvalue weighted by Gasteiger charge is -2.11. The molecule has 0 aliphatic rings. The minimum atomic E-state index is 0.368. The number of nitrogens with one attached hydrogen (secondary N) is 1. The average molecular weight is 263 g/mol. The molecule has 0 radical (unpaired) electrons. The molecule has 2 rings (SSSR count). The summed E-state index contributed by atoms with van der Waals surface area (Å²) in [5.74, 6) is 0.846. The Morgan fingerprint density at radius 2 is 2.16 bits per heavy atom. The van der Waals surface area contributed by atoms with Crippen LogP contribution in [-0.4, -0.2) is 33.0 Å². The highest BCUT2D eigenvalue weighted by Gasteiger charge is 2.09. The van der Waals surface area contributed by atoms with Crippen LogP contribution in [0.25, 0.3) is 0 Å². The lowest BCUT2D eigenvalue weighted by atomic mass is 10.4. The van der Waals surface area contributed by atoms with E-state index in [1.54, 1.807) is 13.3 Å². The van der Waals surface area contributed by atoms with E-state index in [1.165, 1.54) is 0 Å². The van der Waals surface area contributed by atoms with Gasteiger partial charge in [0.2, 0.25) is 5.95 Å². The summed E-state index contributed by atoms with van der Waals surface area (Å²) in [6.07, 6.45) is 5.79. The molecule has 6 nitrogen and oxygen atoms in total. The zero-order valence-corrected chi connectivity index (χ0v) is 11.9. The number of methoxy groups -OCH3 is 1. The van der Waals surface area contributed by atoms with Crippen molar-refractivity contribution in [1.29, 1.82) is 0 Å². The molecular weight excluding hydrogens is 242 g/mol. The van der Waals surface area contributed by atoms with Gasteiger partial charge in [0.15, 0.2) is 0 Å². The summed E-state index contributed by atoms with van der Waals surface area (Å²) in [7, 11) is 1.69. The van der Waals surface area contributed by atoms with Gasteiger partial charge in [-0.05, 0) is 20.8 Å². The zero-order valence-electron chi connectivity index (χ0n) is 11.9. The highest BCUT2D eigenvalue weighted by molar-refractivity contribution is 5.51. The molecule has 0 bridgehead atoms. The largest absolute Gasteiger partial charge is 0.383 e. The third-order valence-electron chi connectivity index (χ3n) is 2.82. The van der Waals surface area contributed by atoms with E-state index < -0.39 is 0 Å². The van der Waals surface area contributed by atoms with Gasteiger partial charge in [-0.2, -0.15) is 5.10 Å². The lowest BCUT2D eigenvalue weighted by Crippen LogP contribution is -2.05. The number of hydrogen-bond donors (Lipinski definition) is 1. The first-order valence-electron chi connectivity index (χ1n) is 6.44. The van der Waals surface area contributed by atoms with Crippen molar-refractivity contribution >= 4 is 11.6 Å². The van der Waals surface area contributed by atoms with E-state index in [0.29, 0.717) is 12.6 Å². The molecule has 6 heteroatoms.